The second-order valence-corrected chi connectivity index (χ2v) is 8.08. The number of carbonyl (C=O) groups is 1. The van der Waals surface area contributed by atoms with Crippen molar-refractivity contribution in [2.75, 3.05) is 18.4 Å². The second kappa shape index (κ2) is 7.56. The first kappa shape index (κ1) is 18.1. The molecule has 0 bridgehead atoms. The van der Waals surface area contributed by atoms with Crippen LogP contribution in [0.1, 0.15) is 45.6 Å². The normalized spacial score (nSPS) is 18.7. The Bertz CT molecular complexity index is 554. The fraction of sp³-hybridized carbons (Fsp3) is 0.611. The summed E-state index contributed by atoms with van der Waals surface area (Å²) in [6.45, 7) is 9.34. The standard InChI is InChI=1S/C18H27BrN2O2/c1-13-11-14(19)8-9-16(13)20-12-15-7-5-6-10-21(15)17(22)23-18(2,3)4/h8-9,11,15,20H,5-7,10,12H2,1-4H3. The molecule has 1 fully saturated rings. The van der Waals surface area contributed by atoms with E-state index in [1.54, 1.807) is 0 Å². The third-order valence-corrected chi connectivity index (χ3v) is 4.46. The lowest BCUT2D eigenvalue weighted by Crippen LogP contribution is -2.48. The average molecular weight is 383 g/mol. The second-order valence-electron chi connectivity index (χ2n) is 7.16. The molecule has 1 N–H and O–H groups in total. The summed E-state index contributed by atoms with van der Waals surface area (Å²) in [5.41, 5.74) is 1.86. The van der Waals surface area contributed by atoms with Gasteiger partial charge in [-0.3, -0.25) is 0 Å². The van der Waals surface area contributed by atoms with Crippen LogP contribution in [0, 0.1) is 6.92 Å². The van der Waals surface area contributed by atoms with Gasteiger partial charge < -0.3 is 15.0 Å². The summed E-state index contributed by atoms with van der Waals surface area (Å²) in [5, 5.41) is 3.49. The Labute approximate surface area is 147 Å². The quantitative estimate of drug-likeness (QED) is 0.802. The van der Waals surface area contributed by atoms with Crippen molar-refractivity contribution in [3.8, 4) is 0 Å². The molecule has 0 spiro atoms. The van der Waals surface area contributed by atoms with Crippen LogP contribution in [0.2, 0.25) is 0 Å². The van der Waals surface area contributed by atoms with Gasteiger partial charge in [0.05, 0.1) is 6.04 Å². The van der Waals surface area contributed by atoms with E-state index in [-0.39, 0.29) is 12.1 Å². The SMILES string of the molecule is Cc1cc(Br)ccc1NCC1CCCCN1C(=O)OC(C)(C)C. The molecule has 1 saturated heterocycles. The summed E-state index contributed by atoms with van der Waals surface area (Å²) in [6, 6.07) is 6.37. The third kappa shape index (κ3) is 5.41. The Morgan fingerprint density at radius 1 is 1.39 bits per heavy atom. The molecule has 1 unspecified atom stereocenters. The molecule has 128 valence electrons. The van der Waals surface area contributed by atoms with Crippen molar-refractivity contribution in [1.82, 2.24) is 4.90 Å². The van der Waals surface area contributed by atoms with Crippen molar-refractivity contribution < 1.29 is 9.53 Å². The van der Waals surface area contributed by atoms with Crippen LogP contribution >= 0.6 is 15.9 Å². The van der Waals surface area contributed by atoms with Gasteiger partial charge in [-0.25, -0.2) is 4.79 Å². The minimum Gasteiger partial charge on any atom is -0.444 e. The third-order valence-electron chi connectivity index (χ3n) is 3.97. The first-order valence-electron chi connectivity index (χ1n) is 8.26. The van der Waals surface area contributed by atoms with Crippen LogP contribution in [-0.4, -0.2) is 35.7 Å². The number of nitrogens with one attached hydrogen (secondary N) is 1. The number of halogens is 1. The lowest BCUT2D eigenvalue weighted by Gasteiger charge is -2.37. The highest BCUT2D eigenvalue weighted by atomic mass is 79.9. The van der Waals surface area contributed by atoms with E-state index in [4.69, 9.17) is 4.74 Å². The average Bonchev–Trinajstić information content (AvgIpc) is 2.45. The molecule has 23 heavy (non-hydrogen) atoms. The van der Waals surface area contributed by atoms with Crippen LogP contribution in [-0.2, 0) is 4.74 Å². The molecule has 0 saturated carbocycles. The predicted molar refractivity (Wildman–Crippen MR) is 97.9 cm³/mol. The minimum atomic E-state index is -0.450. The Morgan fingerprint density at radius 3 is 2.78 bits per heavy atom. The minimum absolute atomic E-state index is 0.182. The highest BCUT2D eigenvalue weighted by Gasteiger charge is 2.30. The zero-order valence-electron chi connectivity index (χ0n) is 14.5. The monoisotopic (exact) mass is 382 g/mol. The van der Waals surface area contributed by atoms with Crippen molar-refractivity contribution in [3.63, 3.8) is 0 Å². The maximum Gasteiger partial charge on any atom is 0.410 e. The van der Waals surface area contributed by atoms with Crippen molar-refractivity contribution in [1.29, 1.82) is 0 Å². The number of nitrogens with zero attached hydrogens (tertiary/aromatic N) is 1. The number of aryl methyl sites for hydroxylation is 1. The van der Waals surface area contributed by atoms with Gasteiger partial charge in [-0.1, -0.05) is 15.9 Å². The summed E-state index contributed by atoms with van der Waals surface area (Å²) in [4.78, 5) is 14.3. The smallest absolute Gasteiger partial charge is 0.410 e. The van der Waals surface area contributed by atoms with E-state index in [0.29, 0.717) is 0 Å². The summed E-state index contributed by atoms with van der Waals surface area (Å²) in [7, 11) is 0. The maximum atomic E-state index is 12.4. The van der Waals surface area contributed by atoms with E-state index in [9.17, 15) is 4.79 Å². The van der Waals surface area contributed by atoms with Gasteiger partial charge in [0.15, 0.2) is 0 Å². The summed E-state index contributed by atoms with van der Waals surface area (Å²) < 4.78 is 6.63. The molecular weight excluding hydrogens is 356 g/mol. The maximum absolute atomic E-state index is 12.4. The van der Waals surface area contributed by atoms with Crippen molar-refractivity contribution in [2.24, 2.45) is 0 Å². The zero-order chi connectivity index (χ0) is 17.0. The number of amides is 1. The molecule has 1 atom stereocenters. The molecule has 2 rings (SSSR count). The largest absolute Gasteiger partial charge is 0.444 e. The van der Waals surface area contributed by atoms with Crippen molar-refractivity contribution >= 4 is 27.7 Å². The first-order valence-corrected chi connectivity index (χ1v) is 9.05. The topological polar surface area (TPSA) is 41.6 Å². The van der Waals surface area contributed by atoms with Gasteiger partial charge in [0.2, 0.25) is 0 Å². The van der Waals surface area contributed by atoms with Crippen LogP contribution < -0.4 is 5.32 Å². The lowest BCUT2D eigenvalue weighted by molar-refractivity contribution is 0.0114. The van der Waals surface area contributed by atoms with Crippen LogP contribution in [0.25, 0.3) is 0 Å². The van der Waals surface area contributed by atoms with E-state index >= 15 is 0 Å². The number of hydrogen-bond donors (Lipinski definition) is 1. The number of ether oxygens (including phenoxy) is 1. The molecule has 4 nitrogen and oxygen atoms in total. The van der Waals surface area contributed by atoms with Gasteiger partial charge in [-0.15, -0.1) is 0 Å². The molecule has 1 aliphatic rings. The molecule has 0 aromatic heterocycles. The molecule has 1 aromatic rings. The fourth-order valence-electron chi connectivity index (χ4n) is 2.83. The number of likely N-dealkylation sites (tertiary alicyclic amines) is 1. The number of hydrogen-bond acceptors (Lipinski definition) is 3. The van der Waals surface area contributed by atoms with E-state index in [1.165, 1.54) is 5.56 Å². The van der Waals surface area contributed by atoms with Crippen LogP contribution in [0.5, 0.6) is 0 Å². The van der Waals surface area contributed by atoms with Gasteiger partial charge in [0, 0.05) is 23.2 Å². The van der Waals surface area contributed by atoms with Crippen LogP contribution in [0.3, 0.4) is 0 Å². The fourth-order valence-corrected chi connectivity index (χ4v) is 3.30. The molecule has 1 heterocycles. The van der Waals surface area contributed by atoms with E-state index < -0.39 is 5.60 Å². The van der Waals surface area contributed by atoms with Gasteiger partial charge >= 0.3 is 6.09 Å². The van der Waals surface area contributed by atoms with Crippen LogP contribution in [0.15, 0.2) is 22.7 Å². The summed E-state index contributed by atoms with van der Waals surface area (Å²) in [6.07, 6.45) is 3.02. The van der Waals surface area contributed by atoms with Crippen LogP contribution in [0.4, 0.5) is 10.5 Å². The zero-order valence-corrected chi connectivity index (χ0v) is 16.1. The molecular formula is C18H27BrN2O2. The molecule has 0 radical (unpaired) electrons. The lowest BCUT2D eigenvalue weighted by atomic mass is 10.0. The number of anilines is 1. The van der Waals surface area contributed by atoms with E-state index in [2.05, 4.69) is 40.3 Å². The number of carbonyl (C=O) groups excluding carboxylic acids is 1. The van der Waals surface area contributed by atoms with Gasteiger partial charge in [-0.2, -0.15) is 0 Å². The highest BCUT2D eigenvalue weighted by molar-refractivity contribution is 9.10. The van der Waals surface area contributed by atoms with E-state index in [1.807, 2.05) is 31.7 Å². The molecule has 1 aliphatic heterocycles. The molecule has 5 heteroatoms. The molecule has 1 aromatic carbocycles. The highest BCUT2D eigenvalue weighted by Crippen LogP contribution is 2.23. The van der Waals surface area contributed by atoms with E-state index in [0.717, 1.165) is 42.5 Å². The van der Waals surface area contributed by atoms with Crippen molar-refractivity contribution in [2.45, 2.75) is 58.6 Å². The Hall–Kier alpha value is -1.23. The number of rotatable bonds is 3. The number of benzene rings is 1. The molecule has 1 amide bonds. The Kier molecular flexibility index (Phi) is 5.95. The van der Waals surface area contributed by atoms with Gasteiger partial charge in [0.25, 0.3) is 0 Å². The van der Waals surface area contributed by atoms with Gasteiger partial charge in [-0.05, 0) is 70.7 Å². The van der Waals surface area contributed by atoms with Crippen molar-refractivity contribution in [3.05, 3.63) is 28.2 Å². The Balaban J connectivity index is 1.99. The number of piperidine rings is 1. The first-order chi connectivity index (χ1) is 10.8. The summed E-state index contributed by atoms with van der Waals surface area (Å²) in [5.74, 6) is 0. The molecule has 0 aliphatic carbocycles. The van der Waals surface area contributed by atoms with Gasteiger partial charge in [0.1, 0.15) is 5.60 Å². The Morgan fingerprint density at radius 2 is 2.13 bits per heavy atom. The predicted octanol–water partition coefficient (Wildman–Crippen LogP) is 4.96. The summed E-state index contributed by atoms with van der Waals surface area (Å²) >= 11 is 3.48.